The predicted octanol–water partition coefficient (Wildman–Crippen LogP) is 12.3. The number of aromatic nitrogens is 3. The second-order valence-corrected chi connectivity index (χ2v) is 12.5. The van der Waals surface area contributed by atoms with Crippen LogP contribution in [0.25, 0.3) is 89.7 Å². The van der Waals surface area contributed by atoms with E-state index in [1.807, 2.05) is 16.8 Å². The van der Waals surface area contributed by atoms with Crippen molar-refractivity contribution in [2.75, 3.05) is 0 Å². The van der Waals surface area contributed by atoms with Crippen molar-refractivity contribution in [2.45, 2.75) is 13.8 Å². The first kappa shape index (κ1) is 30.0. The Kier molecular flexibility index (Phi) is 7.58. The van der Waals surface area contributed by atoms with Crippen molar-refractivity contribution in [2.24, 2.45) is 0 Å². The summed E-state index contributed by atoms with van der Waals surface area (Å²) in [5.74, 6) is 0.755. The molecule has 0 atom stereocenters. The first-order chi connectivity index (χ1) is 24.0. The van der Waals surface area contributed by atoms with Crippen LogP contribution in [0.5, 0.6) is 0 Å². The fourth-order valence-electron chi connectivity index (χ4n) is 7.11. The number of nitrogens with zero attached hydrogens (tertiary/aromatic N) is 3. The molecular formula is C46H35N3. The second kappa shape index (κ2) is 12.4. The van der Waals surface area contributed by atoms with E-state index in [4.69, 9.17) is 4.98 Å². The maximum absolute atomic E-state index is 5.06. The molecule has 0 aliphatic rings. The van der Waals surface area contributed by atoms with E-state index in [0.29, 0.717) is 0 Å². The molecule has 6 aromatic carbocycles. The maximum atomic E-state index is 5.06. The molecule has 2 aromatic heterocycles. The zero-order valence-electron chi connectivity index (χ0n) is 27.7. The van der Waals surface area contributed by atoms with Crippen LogP contribution >= 0.6 is 0 Å². The number of fused-ring (bicyclic) bond motifs is 3. The monoisotopic (exact) mass is 629 g/mol. The molecule has 2 heterocycles. The van der Waals surface area contributed by atoms with Gasteiger partial charge in [0.2, 0.25) is 0 Å². The third-order valence-corrected chi connectivity index (χ3v) is 9.25. The molecule has 0 bridgehead atoms. The Bertz CT molecular complexity index is 2530. The summed E-state index contributed by atoms with van der Waals surface area (Å²) >= 11 is 0. The van der Waals surface area contributed by atoms with Gasteiger partial charge in [0.1, 0.15) is 5.82 Å². The topological polar surface area (TPSA) is 30.7 Å². The normalized spacial score (nSPS) is 11.2. The van der Waals surface area contributed by atoms with Crippen LogP contribution in [0.15, 0.2) is 153 Å². The maximum Gasteiger partial charge on any atom is 0.137 e. The molecule has 3 heteroatoms. The van der Waals surface area contributed by atoms with Gasteiger partial charge in [-0.3, -0.25) is 9.55 Å². The van der Waals surface area contributed by atoms with Crippen molar-refractivity contribution in [1.29, 1.82) is 0 Å². The van der Waals surface area contributed by atoms with E-state index >= 15 is 0 Å². The van der Waals surface area contributed by atoms with E-state index in [1.54, 1.807) is 6.08 Å². The van der Waals surface area contributed by atoms with Crippen LogP contribution in [-0.4, -0.2) is 14.5 Å². The first-order valence-electron chi connectivity index (χ1n) is 16.6. The highest BCUT2D eigenvalue weighted by Gasteiger charge is 2.19. The van der Waals surface area contributed by atoms with Crippen LogP contribution in [0.2, 0.25) is 0 Å². The number of pyridine rings is 1. The Morgan fingerprint density at radius 3 is 1.80 bits per heavy atom. The molecule has 0 aliphatic heterocycles. The Hall–Kier alpha value is -6.32. The van der Waals surface area contributed by atoms with Gasteiger partial charge in [0, 0.05) is 28.7 Å². The molecule has 0 saturated carbocycles. The lowest BCUT2D eigenvalue weighted by molar-refractivity contribution is 1.11. The Morgan fingerprint density at radius 1 is 0.490 bits per heavy atom. The van der Waals surface area contributed by atoms with Crippen molar-refractivity contribution in [3.8, 4) is 55.9 Å². The SMILES string of the molecule is C=Cc1nc(-c2cccc(-c3cc(-c4cc(C)nc(C)c4)cc(-c4cc5ccccc5c5ccccc45)c3)c2)c(-c2ccccc2)n1C=C. The molecule has 49 heavy (non-hydrogen) atoms. The molecule has 0 saturated heterocycles. The van der Waals surface area contributed by atoms with Gasteiger partial charge in [-0.25, -0.2) is 4.98 Å². The zero-order chi connectivity index (χ0) is 33.5. The molecule has 0 aliphatic carbocycles. The Morgan fingerprint density at radius 2 is 1.06 bits per heavy atom. The fourth-order valence-corrected chi connectivity index (χ4v) is 7.11. The highest BCUT2D eigenvalue weighted by atomic mass is 15.1. The molecule has 8 rings (SSSR count). The van der Waals surface area contributed by atoms with Gasteiger partial charge < -0.3 is 0 Å². The van der Waals surface area contributed by atoms with Crippen molar-refractivity contribution >= 4 is 33.8 Å². The molecule has 0 spiro atoms. The fraction of sp³-hybridized carbons (Fsp3) is 0.0435. The van der Waals surface area contributed by atoms with Gasteiger partial charge in [-0.15, -0.1) is 0 Å². The molecule has 0 radical (unpaired) electrons. The van der Waals surface area contributed by atoms with Gasteiger partial charge in [0.15, 0.2) is 0 Å². The molecule has 0 unspecified atom stereocenters. The van der Waals surface area contributed by atoms with Crippen molar-refractivity contribution < 1.29 is 0 Å². The summed E-state index contributed by atoms with van der Waals surface area (Å²) in [5, 5.41) is 4.98. The highest BCUT2D eigenvalue weighted by Crippen LogP contribution is 2.40. The molecule has 0 N–H and O–H groups in total. The second-order valence-electron chi connectivity index (χ2n) is 12.5. The van der Waals surface area contributed by atoms with E-state index < -0.39 is 0 Å². The van der Waals surface area contributed by atoms with Crippen LogP contribution in [0.3, 0.4) is 0 Å². The van der Waals surface area contributed by atoms with E-state index in [2.05, 4.69) is 165 Å². The third-order valence-electron chi connectivity index (χ3n) is 9.25. The predicted molar refractivity (Wildman–Crippen MR) is 208 cm³/mol. The van der Waals surface area contributed by atoms with Crippen molar-refractivity contribution in [3.63, 3.8) is 0 Å². The van der Waals surface area contributed by atoms with E-state index in [9.17, 15) is 0 Å². The number of rotatable bonds is 7. The molecule has 0 fully saturated rings. The van der Waals surface area contributed by atoms with Gasteiger partial charge in [-0.05, 0) is 117 Å². The van der Waals surface area contributed by atoms with Gasteiger partial charge in [0.25, 0.3) is 0 Å². The van der Waals surface area contributed by atoms with Crippen LogP contribution in [0.4, 0.5) is 0 Å². The summed E-state index contributed by atoms with van der Waals surface area (Å²) in [7, 11) is 0. The number of hydrogen-bond acceptors (Lipinski definition) is 2. The molecule has 234 valence electrons. The quantitative estimate of drug-likeness (QED) is 0.164. The summed E-state index contributed by atoms with van der Waals surface area (Å²) in [5.41, 5.74) is 12.9. The lowest BCUT2D eigenvalue weighted by Crippen LogP contribution is -1.93. The van der Waals surface area contributed by atoms with Gasteiger partial charge >= 0.3 is 0 Å². The van der Waals surface area contributed by atoms with Gasteiger partial charge in [0.05, 0.1) is 11.4 Å². The highest BCUT2D eigenvalue weighted by molar-refractivity contribution is 6.14. The number of benzene rings is 6. The minimum atomic E-state index is 0.755. The van der Waals surface area contributed by atoms with E-state index in [1.165, 1.54) is 32.7 Å². The molecule has 3 nitrogen and oxygen atoms in total. The summed E-state index contributed by atoms with van der Waals surface area (Å²) in [6, 6.07) is 50.1. The largest absolute Gasteiger partial charge is 0.300 e. The molecule has 0 amide bonds. The van der Waals surface area contributed by atoms with Gasteiger partial charge in [-0.1, -0.05) is 110 Å². The van der Waals surface area contributed by atoms with Crippen molar-refractivity contribution in [1.82, 2.24) is 14.5 Å². The van der Waals surface area contributed by atoms with Crippen LogP contribution in [-0.2, 0) is 0 Å². The van der Waals surface area contributed by atoms with Crippen LogP contribution in [0.1, 0.15) is 17.2 Å². The van der Waals surface area contributed by atoms with Crippen molar-refractivity contribution in [3.05, 3.63) is 170 Å². The molecule has 8 aromatic rings. The smallest absolute Gasteiger partial charge is 0.137 e. The number of imidazole rings is 1. The standard InChI is InChI=1S/C46H35N3/c1-5-44-48-45(46(49(44)6-2)32-15-8-7-9-16-32)35-19-14-18-33(25-35)37-26-38(36-23-30(3)47-31(4)24-36)28-39(27-37)43-29-34-17-10-11-20-40(34)41-21-12-13-22-42(41)43/h5-29H,1-2H2,3-4H3. The number of hydrogen-bond donors (Lipinski definition) is 0. The summed E-state index contributed by atoms with van der Waals surface area (Å²) in [4.78, 5) is 9.73. The zero-order valence-corrected chi connectivity index (χ0v) is 27.7. The van der Waals surface area contributed by atoms with E-state index in [0.717, 1.165) is 62.0 Å². The molecular weight excluding hydrogens is 595 g/mol. The summed E-state index contributed by atoms with van der Waals surface area (Å²) in [6.07, 6.45) is 3.59. The lowest BCUT2D eigenvalue weighted by atomic mass is 9.89. The minimum Gasteiger partial charge on any atom is -0.300 e. The Labute approximate surface area is 287 Å². The Balaban J connectivity index is 1.37. The van der Waals surface area contributed by atoms with Crippen LogP contribution < -0.4 is 0 Å². The summed E-state index contributed by atoms with van der Waals surface area (Å²) in [6.45, 7) is 12.3. The third kappa shape index (κ3) is 5.46. The van der Waals surface area contributed by atoms with Crippen LogP contribution in [0, 0.1) is 13.8 Å². The van der Waals surface area contributed by atoms with Gasteiger partial charge in [-0.2, -0.15) is 0 Å². The van der Waals surface area contributed by atoms with E-state index in [-0.39, 0.29) is 0 Å². The summed E-state index contributed by atoms with van der Waals surface area (Å²) < 4.78 is 2.02. The lowest BCUT2D eigenvalue weighted by Gasteiger charge is -2.15. The minimum absolute atomic E-state index is 0.755. The first-order valence-corrected chi connectivity index (χ1v) is 16.6. The number of aryl methyl sites for hydroxylation is 2. The average molecular weight is 630 g/mol. The average Bonchev–Trinajstić information content (AvgIpc) is 3.53.